The van der Waals surface area contributed by atoms with Gasteiger partial charge < -0.3 is 20.3 Å². The molecule has 19 heavy (non-hydrogen) atoms. The first-order chi connectivity index (χ1) is 9.22. The second-order valence-corrected chi connectivity index (χ2v) is 4.25. The lowest BCUT2D eigenvalue weighted by Gasteiger charge is -2.06. The van der Waals surface area contributed by atoms with Crippen LogP contribution in [0.4, 0.5) is 0 Å². The number of rotatable bonds is 10. The van der Waals surface area contributed by atoms with Gasteiger partial charge in [-0.05, 0) is 24.1 Å². The number of carbonyl (C=O) groups is 1. The van der Waals surface area contributed by atoms with Crippen molar-refractivity contribution < 1.29 is 19.7 Å². The molecule has 0 bridgehead atoms. The van der Waals surface area contributed by atoms with Gasteiger partial charge in [-0.3, -0.25) is 4.79 Å². The number of aliphatic hydroxyl groups is 1. The molecule has 0 radical (unpaired) electrons. The third-order valence-electron chi connectivity index (χ3n) is 2.59. The standard InChI is InChI=1S/C14H21NO4/c16-7-9-19-8-1-6-15-11-13-4-2-12(3-5-13)10-14(17)18/h2-5,15-16H,1,6-11H2,(H,17,18). The summed E-state index contributed by atoms with van der Waals surface area (Å²) in [5.74, 6) is -0.811. The smallest absolute Gasteiger partial charge is 0.307 e. The molecule has 1 rings (SSSR count). The summed E-state index contributed by atoms with van der Waals surface area (Å²) in [6.45, 7) is 2.71. The number of hydrogen-bond acceptors (Lipinski definition) is 4. The van der Waals surface area contributed by atoms with Crippen LogP contribution in [-0.2, 0) is 22.5 Å². The zero-order valence-corrected chi connectivity index (χ0v) is 11.0. The number of carboxylic acids is 1. The van der Waals surface area contributed by atoms with Crippen LogP contribution in [0.25, 0.3) is 0 Å². The van der Waals surface area contributed by atoms with E-state index in [0.29, 0.717) is 13.2 Å². The quantitative estimate of drug-likeness (QED) is 0.547. The van der Waals surface area contributed by atoms with Crippen molar-refractivity contribution in [2.24, 2.45) is 0 Å². The zero-order valence-electron chi connectivity index (χ0n) is 11.0. The molecule has 0 unspecified atom stereocenters. The highest BCUT2D eigenvalue weighted by Crippen LogP contribution is 2.05. The first-order valence-corrected chi connectivity index (χ1v) is 6.41. The Hall–Kier alpha value is -1.43. The second-order valence-electron chi connectivity index (χ2n) is 4.25. The van der Waals surface area contributed by atoms with E-state index < -0.39 is 5.97 Å². The zero-order chi connectivity index (χ0) is 13.9. The Morgan fingerprint density at radius 2 is 1.84 bits per heavy atom. The van der Waals surface area contributed by atoms with Gasteiger partial charge in [0.2, 0.25) is 0 Å². The maximum absolute atomic E-state index is 10.5. The molecule has 106 valence electrons. The Labute approximate surface area is 113 Å². The predicted octanol–water partition coefficient (Wildman–Crippen LogP) is 0.802. The molecule has 0 saturated heterocycles. The summed E-state index contributed by atoms with van der Waals surface area (Å²) in [4.78, 5) is 10.5. The molecular weight excluding hydrogens is 246 g/mol. The van der Waals surface area contributed by atoms with E-state index in [2.05, 4.69) is 5.32 Å². The number of aliphatic carboxylic acids is 1. The molecule has 1 aromatic rings. The fourth-order valence-corrected chi connectivity index (χ4v) is 1.65. The van der Waals surface area contributed by atoms with E-state index in [1.807, 2.05) is 24.3 Å². The molecule has 0 aliphatic rings. The minimum atomic E-state index is -0.811. The molecule has 0 heterocycles. The summed E-state index contributed by atoms with van der Waals surface area (Å²) in [6, 6.07) is 7.56. The molecular formula is C14H21NO4. The van der Waals surface area contributed by atoms with Gasteiger partial charge >= 0.3 is 5.97 Å². The average molecular weight is 267 g/mol. The third kappa shape index (κ3) is 7.56. The molecule has 0 fully saturated rings. The van der Waals surface area contributed by atoms with Crippen molar-refractivity contribution in [2.75, 3.05) is 26.4 Å². The van der Waals surface area contributed by atoms with Crippen LogP contribution in [0.3, 0.4) is 0 Å². The van der Waals surface area contributed by atoms with E-state index >= 15 is 0 Å². The minimum Gasteiger partial charge on any atom is -0.481 e. The molecule has 0 aliphatic heterocycles. The lowest BCUT2D eigenvalue weighted by atomic mass is 10.1. The SMILES string of the molecule is O=C(O)Cc1ccc(CNCCCOCCO)cc1. The predicted molar refractivity (Wildman–Crippen MR) is 72.0 cm³/mol. The number of aliphatic hydroxyl groups excluding tert-OH is 1. The van der Waals surface area contributed by atoms with Gasteiger partial charge in [0.1, 0.15) is 0 Å². The minimum absolute atomic E-state index is 0.0654. The van der Waals surface area contributed by atoms with Crippen LogP contribution >= 0.6 is 0 Å². The van der Waals surface area contributed by atoms with Crippen molar-refractivity contribution in [3.8, 4) is 0 Å². The third-order valence-corrected chi connectivity index (χ3v) is 2.59. The van der Waals surface area contributed by atoms with Crippen LogP contribution < -0.4 is 5.32 Å². The highest BCUT2D eigenvalue weighted by molar-refractivity contribution is 5.70. The monoisotopic (exact) mass is 267 g/mol. The summed E-state index contributed by atoms with van der Waals surface area (Å²) in [5.41, 5.74) is 1.94. The molecule has 0 aromatic heterocycles. The summed E-state index contributed by atoms with van der Waals surface area (Å²) in [7, 11) is 0. The first kappa shape index (κ1) is 15.6. The number of benzene rings is 1. The lowest BCUT2D eigenvalue weighted by molar-refractivity contribution is -0.136. The fraction of sp³-hybridized carbons (Fsp3) is 0.500. The normalized spacial score (nSPS) is 10.6. The van der Waals surface area contributed by atoms with Gasteiger partial charge in [0.15, 0.2) is 0 Å². The maximum Gasteiger partial charge on any atom is 0.307 e. The van der Waals surface area contributed by atoms with E-state index in [9.17, 15) is 4.79 Å². The second kappa shape index (κ2) is 9.49. The number of hydrogen-bond donors (Lipinski definition) is 3. The van der Waals surface area contributed by atoms with Crippen molar-refractivity contribution in [2.45, 2.75) is 19.4 Å². The van der Waals surface area contributed by atoms with Crippen LogP contribution in [0, 0.1) is 0 Å². The van der Waals surface area contributed by atoms with Crippen molar-refractivity contribution in [3.63, 3.8) is 0 Å². The lowest BCUT2D eigenvalue weighted by Crippen LogP contribution is -2.16. The highest BCUT2D eigenvalue weighted by Gasteiger charge is 2.00. The van der Waals surface area contributed by atoms with Crippen LogP contribution in [0.5, 0.6) is 0 Å². The van der Waals surface area contributed by atoms with Crippen molar-refractivity contribution in [1.82, 2.24) is 5.32 Å². The van der Waals surface area contributed by atoms with E-state index in [1.54, 1.807) is 0 Å². The summed E-state index contributed by atoms with van der Waals surface area (Å²) >= 11 is 0. The van der Waals surface area contributed by atoms with E-state index in [-0.39, 0.29) is 13.0 Å². The molecule has 0 amide bonds. The van der Waals surface area contributed by atoms with Crippen molar-refractivity contribution in [1.29, 1.82) is 0 Å². The molecule has 1 aromatic carbocycles. The van der Waals surface area contributed by atoms with Crippen LogP contribution in [0.15, 0.2) is 24.3 Å². The molecule has 0 saturated carbocycles. The molecule has 3 N–H and O–H groups in total. The Balaban J connectivity index is 2.14. The molecule has 0 aliphatic carbocycles. The van der Waals surface area contributed by atoms with Gasteiger partial charge in [-0.1, -0.05) is 24.3 Å². The van der Waals surface area contributed by atoms with Crippen molar-refractivity contribution in [3.05, 3.63) is 35.4 Å². The topological polar surface area (TPSA) is 78.8 Å². The largest absolute Gasteiger partial charge is 0.481 e. The van der Waals surface area contributed by atoms with Gasteiger partial charge in [-0.2, -0.15) is 0 Å². The number of nitrogens with one attached hydrogen (secondary N) is 1. The van der Waals surface area contributed by atoms with Gasteiger partial charge in [0, 0.05) is 13.2 Å². The van der Waals surface area contributed by atoms with Gasteiger partial charge in [0.25, 0.3) is 0 Å². The van der Waals surface area contributed by atoms with Gasteiger partial charge in [-0.15, -0.1) is 0 Å². The van der Waals surface area contributed by atoms with E-state index in [4.69, 9.17) is 14.9 Å². The number of ether oxygens (including phenoxy) is 1. The highest BCUT2D eigenvalue weighted by atomic mass is 16.5. The summed E-state index contributed by atoms with van der Waals surface area (Å²) in [6.07, 6.45) is 0.965. The summed E-state index contributed by atoms with van der Waals surface area (Å²) < 4.78 is 5.14. The summed E-state index contributed by atoms with van der Waals surface area (Å²) in [5, 5.41) is 20.5. The van der Waals surface area contributed by atoms with Crippen LogP contribution in [0.2, 0.25) is 0 Å². The Morgan fingerprint density at radius 3 is 2.47 bits per heavy atom. The Bertz CT molecular complexity index is 364. The first-order valence-electron chi connectivity index (χ1n) is 6.41. The molecule has 0 spiro atoms. The van der Waals surface area contributed by atoms with Gasteiger partial charge in [0.05, 0.1) is 19.6 Å². The fourth-order valence-electron chi connectivity index (χ4n) is 1.65. The average Bonchev–Trinajstić information content (AvgIpc) is 2.39. The van der Waals surface area contributed by atoms with E-state index in [0.717, 1.165) is 30.6 Å². The molecule has 5 heteroatoms. The van der Waals surface area contributed by atoms with Gasteiger partial charge in [-0.25, -0.2) is 0 Å². The van der Waals surface area contributed by atoms with Crippen LogP contribution in [0.1, 0.15) is 17.5 Å². The molecule has 0 atom stereocenters. The Kier molecular flexibility index (Phi) is 7.81. The maximum atomic E-state index is 10.5. The molecule has 5 nitrogen and oxygen atoms in total. The van der Waals surface area contributed by atoms with Crippen LogP contribution in [-0.4, -0.2) is 42.5 Å². The number of carboxylic acid groups (broad SMARTS) is 1. The van der Waals surface area contributed by atoms with E-state index in [1.165, 1.54) is 0 Å². The van der Waals surface area contributed by atoms with Crippen molar-refractivity contribution >= 4 is 5.97 Å². The Morgan fingerprint density at radius 1 is 1.16 bits per heavy atom.